The van der Waals surface area contributed by atoms with Crippen LogP contribution in [-0.2, 0) is 0 Å². The minimum atomic E-state index is -0.184. The van der Waals surface area contributed by atoms with Crippen LogP contribution >= 0.6 is 12.2 Å². The summed E-state index contributed by atoms with van der Waals surface area (Å²) in [6.45, 7) is 0. The average Bonchev–Trinajstić information content (AvgIpc) is 1.90. The summed E-state index contributed by atoms with van der Waals surface area (Å²) in [7, 11) is 0. The molecule has 0 saturated heterocycles. The van der Waals surface area contributed by atoms with Gasteiger partial charge in [0.15, 0.2) is 0 Å². The molecule has 1 unspecified atom stereocenters. The van der Waals surface area contributed by atoms with Crippen molar-refractivity contribution in [3.63, 3.8) is 0 Å². The molecule has 2 nitrogen and oxygen atoms in total. The van der Waals surface area contributed by atoms with E-state index in [1.807, 2.05) is 6.07 Å². The first-order chi connectivity index (χ1) is 4.33. The van der Waals surface area contributed by atoms with Gasteiger partial charge in [-0.15, -0.1) is 0 Å². The number of rotatable bonds is 0. The lowest BCUT2D eigenvalue weighted by atomic mass is 10.1. The van der Waals surface area contributed by atoms with Gasteiger partial charge in [-0.25, -0.2) is 4.99 Å². The van der Waals surface area contributed by atoms with Gasteiger partial charge >= 0.3 is 0 Å². The van der Waals surface area contributed by atoms with E-state index < -0.39 is 0 Å². The Bertz CT molecular complexity index is 206. The molecular formula is C6H4N2S. The highest BCUT2D eigenvalue weighted by molar-refractivity contribution is 7.80. The second kappa shape index (κ2) is 2.51. The lowest BCUT2D eigenvalue weighted by molar-refractivity contribution is 1.17. The van der Waals surface area contributed by atoms with E-state index in [1.54, 1.807) is 18.4 Å². The third-order valence-corrected chi connectivity index (χ3v) is 1.20. The Balaban J connectivity index is 2.72. The lowest BCUT2D eigenvalue weighted by Gasteiger charge is -1.98. The van der Waals surface area contributed by atoms with E-state index in [4.69, 9.17) is 17.5 Å². The molecule has 1 aliphatic heterocycles. The molecule has 0 spiro atoms. The summed E-state index contributed by atoms with van der Waals surface area (Å²) in [6.07, 6.45) is 4.95. The van der Waals surface area contributed by atoms with Gasteiger partial charge in [-0.3, -0.25) is 0 Å². The summed E-state index contributed by atoms with van der Waals surface area (Å²) in [5.74, 6) is -0.184. The smallest absolute Gasteiger partial charge is 0.125 e. The van der Waals surface area contributed by atoms with Crippen molar-refractivity contribution < 1.29 is 0 Å². The van der Waals surface area contributed by atoms with Gasteiger partial charge < -0.3 is 0 Å². The summed E-state index contributed by atoms with van der Waals surface area (Å²) in [5.41, 5.74) is 0. The van der Waals surface area contributed by atoms with Crippen molar-refractivity contribution in [1.82, 2.24) is 0 Å². The summed E-state index contributed by atoms with van der Waals surface area (Å²) in [4.78, 5) is 4.32. The van der Waals surface area contributed by atoms with E-state index >= 15 is 0 Å². The van der Waals surface area contributed by atoms with Crippen LogP contribution in [0.4, 0.5) is 0 Å². The Kier molecular flexibility index (Phi) is 1.71. The molecule has 0 radical (unpaired) electrons. The van der Waals surface area contributed by atoms with Gasteiger partial charge in [0, 0.05) is 6.21 Å². The third-order valence-electron chi connectivity index (χ3n) is 0.958. The Morgan fingerprint density at radius 3 is 3.00 bits per heavy atom. The molecule has 9 heavy (non-hydrogen) atoms. The maximum absolute atomic E-state index is 8.34. The summed E-state index contributed by atoms with van der Waals surface area (Å²) in [5, 5.41) is 8.34. The number of aliphatic imine (C=N–C) groups is 1. The first-order valence-electron chi connectivity index (χ1n) is 2.49. The molecule has 0 saturated carbocycles. The fourth-order valence-electron chi connectivity index (χ4n) is 0.509. The van der Waals surface area contributed by atoms with Crippen LogP contribution in [0.5, 0.6) is 0 Å². The minimum Gasteiger partial charge on any atom is -0.248 e. The molecule has 0 bridgehead atoms. The zero-order valence-corrected chi connectivity index (χ0v) is 5.43. The molecule has 0 aromatic heterocycles. The normalized spacial score (nSPS) is 23.9. The Labute approximate surface area is 58.5 Å². The highest BCUT2D eigenvalue weighted by atomic mass is 32.1. The van der Waals surface area contributed by atoms with E-state index in [0.29, 0.717) is 4.99 Å². The molecular weight excluding hydrogens is 132 g/mol. The van der Waals surface area contributed by atoms with Crippen LogP contribution in [0.15, 0.2) is 17.1 Å². The van der Waals surface area contributed by atoms with Crippen LogP contribution in [0.2, 0.25) is 0 Å². The zero-order valence-electron chi connectivity index (χ0n) is 4.61. The molecule has 0 fully saturated rings. The SMILES string of the molecule is N#CC1C=CC(=S)N=C1. The van der Waals surface area contributed by atoms with Gasteiger partial charge in [0.1, 0.15) is 4.99 Å². The Morgan fingerprint density at radius 2 is 2.56 bits per heavy atom. The minimum absolute atomic E-state index is 0.184. The van der Waals surface area contributed by atoms with Crippen molar-refractivity contribution in [3.8, 4) is 6.07 Å². The highest BCUT2D eigenvalue weighted by Gasteiger charge is 2.01. The number of hydrogen-bond acceptors (Lipinski definition) is 2. The van der Waals surface area contributed by atoms with Gasteiger partial charge in [-0.05, 0) is 6.08 Å². The largest absolute Gasteiger partial charge is 0.248 e. The van der Waals surface area contributed by atoms with Crippen molar-refractivity contribution in [2.75, 3.05) is 0 Å². The van der Waals surface area contributed by atoms with Crippen LogP contribution in [0, 0.1) is 17.2 Å². The molecule has 0 aromatic carbocycles. The number of hydrogen-bond donors (Lipinski definition) is 0. The van der Waals surface area contributed by atoms with Gasteiger partial charge in [0.2, 0.25) is 0 Å². The van der Waals surface area contributed by atoms with Crippen molar-refractivity contribution in [2.45, 2.75) is 0 Å². The average molecular weight is 136 g/mol. The maximum Gasteiger partial charge on any atom is 0.125 e. The molecule has 1 atom stereocenters. The predicted molar refractivity (Wildman–Crippen MR) is 39.3 cm³/mol. The molecule has 0 aromatic rings. The zero-order chi connectivity index (χ0) is 6.69. The van der Waals surface area contributed by atoms with Crippen LogP contribution in [0.3, 0.4) is 0 Å². The summed E-state index contributed by atoms with van der Waals surface area (Å²) < 4.78 is 0. The van der Waals surface area contributed by atoms with Crippen LogP contribution in [-0.4, -0.2) is 11.2 Å². The summed E-state index contributed by atoms with van der Waals surface area (Å²) >= 11 is 4.71. The van der Waals surface area contributed by atoms with Gasteiger partial charge in [-0.2, -0.15) is 5.26 Å². The van der Waals surface area contributed by atoms with Crippen LogP contribution in [0.25, 0.3) is 0 Å². The number of dihydropyridines is 1. The first kappa shape index (κ1) is 6.12. The molecule has 1 heterocycles. The molecule has 0 N–H and O–H groups in total. The van der Waals surface area contributed by atoms with Gasteiger partial charge in [0.25, 0.3) is 0 Å². The lowest BCUT2D eigenvalue weighted by Crippen LogP contribution is -2.01. The molecule has 44 valence electrons. The van der Waals surface area contributed by atoms with Crippen LogP contribution in [0.1, 0.15) is 0 Å². The van der Waals surface area contributed by atoms with Crippen LogP contribution < -0.4 is 0 Å². The fourth-order valence-corrected chi connectivity index (χ4v) is 0.648. The number of nitrogens with zero attached hydrogens (tertiary/aromatic N) is 2. The molecule has 0 aliphatic carbocycles. The predicted octanol–water partition coefficient (Wildman–Crippen LogP) is 1.09. The monoisotopic (exact) mass is 136 g/mol. The molecule has 3 heteroatoms. The van der Waals surface area contributed by atoms with Crippen molar-refractivity contribution in [1.29, 1.82) is 5.26 Å². The van der Waals surface area contributed by atoms with E-state index in [9.17, 15) is 0 Å². The Hall–Kier alpha value is -1.01. The third kappa shape index (κ3) is 1.44. The van der Waals surface area contributed by atoms with E-state index in [0.717, 1.165) is 0 Å². The van der Waals surface area contributed by atoms with E-state index in [-0.39, 0.29) is 5.92 Å². The molecule has 0 amide bonds. The van der Waals surface area contributed by atoms with E-state index in [1.165, 1.54) is 0 Å². The van der Waals surface area contributed by atoms with Gasteiger partial charge in [-0.1, -0.05) is 18.3 Å². The molecule has 1 aliphatic rings. The van der Waals surface area contributed by atoms with Gasteiger partial charge in [0.05, 0.1) is 12.0 Å². The summed E-state index contributed by atoms with van der Waals surface area (Å²) in [6, 6.07) is 2.03. The number of thiocarbonyl (C=S) groups is 1. The van der Waals surface area contributed by atoms with Crippen molar-refractivity contribution in [3.05, 3.63) is 12.2 Å². The fraction of sp³-hybridized carbons (Fsp3) is 0.167. The highest BCUT2D eigenvalue weighted by Crippen LogP contribution is 2.00. The number of allylic oxidation sites excluding steroid dienone is 1. The van der Waals surface area contributed by atoms with Crippen molar-refractivity contribution >= 4 is 23.4 Å². The topological polar surface area (TPSA) is 36.1 Å². The number of nitriles is 1. The maximum atomic E-state index is 8.34. The Morgan fingerprint density at radius 1 is 1.78 bits per heavy atom. The second-order valence-corrected chi connectivity index (χ2v) is 2.05. The second-order valence-electron chi connectivity index (χ2n) is 1.63. The first-order valence-corrected chi connectivity index (χ1v) is 2.90. The quantitative estimate of drug-likeness (QED) is 0.467. The standard InChI is InChI=1S/C6H4N2S/c7-3-5-1-2-6(9)8-4-5/h1-2,4-5H. The van der Waals surface area contributed by atoms with Crippen molar-refractivity contribution in [2.24, 2.45) is 10.9 Å². The molecule has 1 rings (SSSR count). The van der Waals surface area contributed by atoms with E-state index in [2.05, 4.69) is 4.99 Å².